The third-order valence-corrected chi connectivity index (χ3v) is 8.15. The van der Waals surface area contributed by atoms with Crippen LogP contribution in [-0.4, -0.2) is 49.2 Å². The highest BCUT2D eigenvalue weighted by molar-refractivity contribution is 7.22. The van der Waals surface area contributed by atoms with E-state index in [1.807, 2.05) is 13.0 Å². The summed E-state index contributed by atoms with van der Waals surface area (Å²) < 4.78 is 22.8. The van der Waals surface area contributed by atoms with Gasteiger partial charge in [0.25, 0.3) is 5.78 Å². The van der Waals surface area contributed by atoms with Crippen molar-refractivity contribution in [2.24, 2.45) is 0 Å². The van der Waals surface area contributed by atoms with Crippen LogP contribution in [-0.2, 0) is 16.0 Å². The number of methoxy groups -OCH3 is 3. The molecule has 0 saturated carbocycles. The minimum atomic E-state index is -0.967. The number of fused-ring (bicyclic) bond motifs is 2. The Hall–Kier alpha value is -4.57. The van der Waals surface area contributed by atoms with Crippen LogP contribution in [0.3, 0.4) is 0 Å². The number of rotatable bonds is 6. The monoisotopic (exact) mass is 558 g/mol. The number of ketones is 1. The highest BCUT2D eigenvalue weighted by Gasteiger charge is 2.48. The van der Waals surface area contributed by atoms with Crippen LogP contribution in [0.5, 0.6) is 23.0 Å². The molecule has 204 valence electrons. The average Bonchev–Trinajstić information content (AvgIpc) is 3.63. The predicted octanol–water partition coefficient (Wildman–Crippen LogP) is 5.27. The minimum Gasteiger partial charge on any atom is -0.507 e. The van der Waals surface area contributed by atoms with Gasteiger partial charge in [-0.2, -0.15) is 0 Å². The maximum Gasteiger partial charge on any atom is 0.301 e. The molecule has 40 heavy (non-hydrogen) atoms. The van der Waals surface area contributed by atoms with E-state index < -0.39 is 17.7 Å². The van der Waals surface area contributed by atoms with Crippen molar-refractivity contribution in [1.29, 1.82) is 0 Å². The van der Waals surface area contributed by atoms with Gasteiger partial charge in [0.15, 0.2) is 16.6 Å². The maximum atomic E-state index is 13.6. The van der Waals surface area contributed by atoms with Crippen molar-refractivity contribution in [1.82, 2.24) is 4.98 Å². The van der Waals surface area contributed by atoms with Gasteiger partial charge in [-0.05, 0) is 66.6 Å². The second kappa shape index (κ2) is 9.87. The summed E-state index contributed by atoms with van der Waals surface area (Å²) >= 11 is 1.26. The summed E-state index contributed by atoms with van der Waals surface area (Å²) in [4.78, 5) is 33.3. The Kier molecular flexibility index (Phi) is 6.34. The van der Waals surface area contributed by atoms with Gasteiger partial charge in [-0.15, -0.1) is 0 Å². The first kappa shape index (κ1) is 25.7. The number of carbonyl (C=O) groups excluding carboxylic acids is 2. The number of aliphatic hydroxyl groups excluding tert-OH is 1. The number of benzene rings is 3. The average molecular weight is 559 g/mol. The fourth-order valence-corrected chi connectivity index (χ4v) is 6.24. The number of ether oxygens (including phenoxy) is 4. The molecule has 10 heteroatoms. The molecule has 2 aliphatic heterocycles. The number of Topliss-reactive ketones (excluding diaryl/α,β-unsaturated/α-hetero) is 1. The van der Waals surface area contributed by atoms with Crippen LogP contribution < -0.4 is 23.8 Å². The van der Waals surface area contributed by atoms with Crippen LogP contribution >= 0.6 is 11.3 Å². The number of hydrogen-bond acceptors (Lipinski definition) is 9. The van der Waals surface area contributed by atoms with E-state index in [0.717, 1.165) is 16.0 Å². The number of aliphatic hydroxyl groups is 1. The number of amides is 1. The van der Waals surface area contributed by atoms with Crippen LogP contribution in [0.15, 0.2) is 60.2 Å². The molecule has 0 aliphatic carbocycles. The van der Waals surface area contributed by atoms with Gasteiger partial charge >= 0.3 is 5.91 Å². The van der Waals surface area contributed by atoms with Crippen LogP contribution in [0.25, 0.3) is 16.0 Å². The predicted molar refractivity (Wildman–Crippen MR) is 151 cm³/mol. The molecule has 0 unspecified atom stereocenters. The highest BCUT2D eigenvalue weighted by Crippen LogP contribution is 2.46. The number of hydrogen-bond donors (Lipinski definition) is 1. The van der Waals surface area contributed by atoms with Gasteiger partial charge in [0, 0.05) is 12.0 Å². The zero-order valence-corrected chi connectivity index (χ0v) is 23.1. The van der Waals surface area contributed by atoms with Gasteiger partial charge in [-0.3, -0.25) is 14.5 Å². The number of thiazole rings is 1. The molecule has 1 saturated heterocycles. The molecule has 2 atom stereocenters. The van der Waals surface area contributed by atoms with Gasteiger partial charge in [-0.25, -0.2) is 4.98 Å². The zero-order valence-electron chi connectivity index (χ0n) is 22.3. The first-order chi connectivity index (χ1) is 19.3. The normalized spacial score (nSPS) is 19.6. The first-order valence-corrected chi connectivity index (χ1v) is 13.4. The summed E-state index contributed by atoms with van der Waals surface area (Å²) in [5.41, 5.74) is 2.51. The topological polar surface area (TPSA) is 107 Å². The van der Waals surface area contributed by atoms with E-state index in [9.17, 15) is 14.7 Å². The number of nitrogens with zero attached hydrogens (tertiary/aromatic N) is 2. The Morgan fingerprint density at radius 3 is 2.55 bits per heavy atom. The zero-order chi connectivity index (χ0) is 28.1. The molecule has 3 heterocycles. The number of aromatic nitrogens is 1. The molecular formula is C30H26N2O7S. The number of anilines is 1. The number of carbonyl (C=O) groups is 2. The van der Waals surface area contributed by atoms with E-state index in [4.69, 9.17) is 18.9 Å². The summed E-state index contributed by atoms with van der Waals surface area (Å²) in [5, 5.41) is 11.9. The van der Waals surface area contributed by atoms with Gasteiger partial charge in [-0.1, -0.05) is 17.4 Å². The molecule has 6 rings (SSSR count). The Morgan fingerprint density at radius 1 is 1.00 bits per heavy atom. The fourth-order valence-electron chi connectivity index (χ4n) is 5.22. The molecular weight excluding hydrogens is 532 g/mol. The van der Waals surface area contributed by atoms with Gasteiger partial charge in [0.1, 0.15) is 23.4 Å². The molecule has 2 aliphatic rings. The molecule has 0 radical (unpaired) electrons. The minimum absolute atomic E-state index is 0.0161. The molecule has 1 N–H and O–H groups in total. The van der Waals surface area contributed by atoms with Gasteiger partial charge < -0.3 is 24.1 Å². The van der Waals surface area contributed by atoms with E-state index in [2.05, 4.69) is 4.98 Å². The largest absolute Gasteiger partial charge is 0.507 e. The third kappa shape index (κ3) is 4.12. The van der Waals surface area contributed by atoms with Crippen molar-refractivity contribution in [3.63, 3.8) is 0 Å². The van der Waals surface area contributed by atoms with Crippen LogP contribution in [0.2, 0.25) is 0 Å². The first-order valence-electron chi connectivity index (χ1n) is 12.6. The van der Waals surface area contributed by atoms with Crippen molar-refractivity contribution in [3.05, 3.63) is 76.9 Å². The van der Waals surface area contributed by atoms with Crippen molar-refractivity contribution in [2.45, 2.75) is 25.5 Å². The van der Waals surface area contributed by atoms with Gasteiger partial charge in [0.05, 0.1) is 43.2 Å². The summed E-state index contributed by atoms with van der Waals surface area (Å²) in [6, 6.07) is 14.8. The fraction of sp³-hybridized carbons (Fsp3) is 0.233. The van der Waals surface area contributed by atoms with Crippen molar-refractivity contribution in [2.75, 3.05) is 26.2 Å². The lowest BCUT2D eigenvalue weighted by molar-refractivity contribution is -0.132. The lowest BCUT2D eigenvalue weighted by atomic mass is 9.94. The van der Waals surface area contributed by atoms with Gasteiger partial charge in [0.2, 0.25) is 0 Å². The van der Waals surface area contributed by atoms with E-state index in [-0.39, 0.29) is 17.4 Å². The second-order valence-electron chi connectivity index (χ2n) is 9.57. The lowest BCUT2D eigenvalue weighted by Crippen LogP contribution is -2.29. The summed E-state index contributed by atoms with van der Waals surface area (Å²) in [6.07, 6.45) is 0.696. The quantitative estimate of drug-likeness (QED) is 0.194. The third-order valence-electron chi connectivity index (χ3n) is 7.13. The SMILES string of the molecule is COc1ccc2nc(N3C(=O)C(=O)C(=C(O)c4ccc5c(c4)C[C@@H](C)O5)[C@H]3c3ccc(OC)c(OC)c3)sc2c1. The Balaban J connectivity index is 1.55. The molecule has 9 nitrogen and oxygen atoms in total. The van der Waals surface area contributed by atoms with Crippen LogP contribution in [0.4, 0.5) is 5.13 Å². The van der Waals surface area contributed by atoms with Crippen LogP contribution in [0.1, 0.15) is 29.7 Å². The second-order valence-corrected chi connectivity index (χ2v) is 10.6. The lowest BCUT2D eigenvalue weighted by Gasteiger charge is -2.23. The van der Waals surface area contributed by atoms with E-state index in [1.165, 1.54) is 30.5 Å². The molecule has 1 amide bonds. The highest BCUT2D eigenvalue weighted by atomic mass is 32.1. The van der Waals surface area contributed by atoms with Crippen molar-refractivity contribution in [3.8, 4) is 23.0 Å². The standard InChI is InChI=1S/C30H26N2O7S/c1-15-11-18-12-17(6-9-21(18)39-15)27(33)25-26(16-5-10-22(37-3)23(13-16)38-4)32(29(35)28(25)34)30-31-20-8-7-19(36-2)14-24(20)40-30/h5-10,12-15,26,33H,11H2,1-4H3/t15-,26-/m1/s1. The molecule has 0 spiro atoms. The summed E-state index contributed by atoms with van der Waals surface area (Å²) in [7, 11) is 4.61. The van der Waals surface area contributed by atoms with Crippen LogP contribution in [0, 0.1) is 0 Å². The molecule has 1 aromatic heterocycles. The van der Waals surface area contributed by atoms with Crippen molar-refractivity contribution < 1.29 is 33.6 Å². The van der Waals surface area contributed by atoms with Crippen molar-refractivity contribution >= 4 is 44.1 Å². The molecule has 3 aromatic carbocycles. The van der Waals surface area contributed by atoms with E-state index >= 15 is 0 Å². The molecule has 1 fully saturated rings. The Morgan fingerprint density at radius 2 is 1.80 bits per heavy atom. The maximum absolute atomic E-state index is 13.6. The molecule has 0 bridgehead atoms. The van der Waals surface area contributed by atoms with E-state index in [0.29, 0.717) is 45.4 Å². The van der Waals surface area contributed by atoms with E-state index in [1.54, 1.807) is 55.6 Å². The smallest absolute Gasteiger partial charge is 0.301 e. The summed E-state index contributed by atoms with van der Waals surface area (Å²) in [6.45, 7) is 1.97. The Bertz CT molecular complexity index is 1710. The molecule has 4 aromatic rings. The Labute approximate surface area is 234 Å². The summed E-state index contributed by atoms with van der Waals surface area (Å²) in [5.74, 6) is 0.434.